The lowest BCUT2D eigenvalue weighted by atomic mass is 9.84. The molecule has 4 heterocycles. The SMILES string of the molecule is COc1ccc(-c2cc(NC3CCOC4(CCOCC4)C3)c3nncn3n2)cc1. The maximum atomic E-state index is 6.18. The van der Waals surface area contributed by atoms with Crippen molar-refractivity contribution in [1.82, 2.24) is 19.8 Å². The second-order valence-corrected chi connectivity index (χ2v) is 7.75. The lowest BCUT2D eigenvalue weighted by Crippen LogP contribution is -2.47. The molecule has 29 heavy (non-hydrogen) atoms. The summed E-state index contributed by atoms with van der Waals surface area (Å²) in [7, 11) is 1.66. The Bertz CT molecular complexity index is 976. The third-order valence-corrected chi connectivity index (χ3v) is 5.91. The van der Waals surface area contributed by atoms with Gasteiger partial charge in [-0.2, -0.15) is 9.61 Å². The smallest absolute Gasteiger partial charge is 0.200 e. The van der Waals surface area contributed by atoms with E-state index in [1.165, 1.54) is 0 Å². The second-order valence-electron chi connectivity index (χ2n) is 7.75. The van der Waals surface area contributed by atoms with Crippen molar-refractivity contribution in [3.63, 3.8) is 0 Å². The average molecular weight is 395 g/mol. The number of fused-ring (bicyclic) bond motifs is 1. The Kier molecular flexibility index (Phi) is 4.81. The monoisotopic (exact) mass is 395 g/mol. The van der Waals surface area contributed by atoms with Gasteiger partial charge in [-0.25, -0.2) is 0 Å². The van der Waals surface area contributed by atoms with Crippen LogP contribution in [-0.2, 0) is 9.47 Å². The van der Waals surface area contributed by atoms with Crippen molar-refractivity contribution < 1.29 is 14.2 Å². The number of hydrogen-bond donors (Lipinski definition) is 1. The van der Waals surface area contributed by atoms with Gasteiger partial charge in [0.1, 0.15) is 12.1 Å². The fourth-order valence-corrected chi connectivity index (χ4v) is 4.30. The standard InChI is InChI=1S/C21H25N5O3/c1-27-17-4-2-15(3-5-17)18-12-19(20-24-22-14-26(20)25-18)23-16-6-9-29-21(13-16)7-10-28-11-8-21/h2-5,12,14,16,23H,6-11,13H2,1H3. The van der Waals surface area contributed by atoms with Crippen LogP contribution in [0, 0.1) is 0 Å². The molecule has 1 unspecified atom stereocenters. The highest BCUT2D eigenvalue weighted by atomic mass is 16.5. The van der Waals surface area contributed by atoms with Crippen molar-refractivity contribution in [3.8, 4) is 17.0 Å². The molecule has 0 radical (unpaired) electrons. The fraction of sp³-hybridized carbons (Fsp3) is 0.476. The predicted octanol–water partition coefficient (Wildman–Crippen LogP) is 2.94. The normalized spacial score (nSPS) is 21.3. The molecule has 8 nitrogen and oxygen atoms in total. The van der Waals surface area contributed by atoms with Crippen molar-refractivity contribution in [2.24, 2.45) is 0 Å². The van der Waals surface area contributed by atoms with Gasteiger partial charge in [-0.3, -0.25) is 0 Å². The molecule has 8 heteroatoms. The maximum absolute atomic E-state index is 6.18. The van der Waals surface area contributed by atoms with E-state index in [4.69, 9.17) is 14.2 Å². The van der Waals surface area contributed by atoms with Crippen LogP contribution >= 0.6 is 0 Å². The highest BCUT2D eigenvalue weighted by Gasteiger charge is 2.39. The minimum Gasteiger partial charge on any atom is -0.497 e. The zero-order valence-electron chi connectivity index (χ0n) is 16.5. The molecule has 152 valence electrons. The number of benzene rings is 1. The minimum atomic E-state index is -0.0655. The van der Waals surface area contributed by atoms with Crippen LogP contribution in [0.2, 0.25) is 0 Å². The molecule has 1 spiro atoms. The Hall–Kier alpha value is -2.71. The van der Waals surface area contributed by atoms with E-state index in [1.807, 2.05) is 24.3 Å². The second kappa shape index (κ2) is 7.61. The number of rotatable bonds is 4. The van der Waals surface area contributed by atoms with E-state index in [0.717, 1.165) is 73.8 Å². The lowest BCUT2D eigenvalue weighted by Gasteiger charge is -2.43. The van der Waals surface area contributed by atoms with Gasteiger partial charge < -0.3 is 19.5 Å². The largest absolute Gasteiger partial charge is 0.497 e. The van der Waals surface area contributed by atoms with E-state index >= 15 is 0 Å². The molecular formula is C21H25N5O3. The summed E-state index contributed by atoms with van der Waals surface area (Å²) in [4.78, 5) is 0. The summed E-state index contributed by atoms with van der Waals surface area (Å²) in [6.45, 7) is 2.31. The van der Waals surface area contributed by atoms with Gasteiger partial charge in [-0.15, -0.1) is 10.2 Å². The predicted molar refractivity (Wildman–Crippen MR) is 108 cm³/mol. The summed E-state index contributed by atoms with van der Waals surface area (Å²) in [6.07, 6.45) is 5.48. The number of hydrogen-bond acceptors (Lipinski definition) is 7. The van der Waals surface area contributed by atoms with Gasteiger partial charge in [0.25, 0.3) is 0 Å². The Labute approximate surface area is 169 Å². The first-order chi connectivity index (χ1) is 14.2. The first-order valence-corrected chi connectivity index (χ1v) is 10.1. The van der Waals surface area contributed by atoms with Crippen LogP contribution in [-0.4, -0.2) is 58.4 Å². The Morgan fingerprint density at radius 2 is 2.00 bits per heavy atom. The summed E-state index contributed by atoms with van der Waals surface area (Å²) in [6, 6.07) is 10.3. The van der Waals surface area contributed by atoms with Crippen LogP contribution in [0.5, 0.6) is 5.75 Å². The van der Waals surface area contributed by atoms with E-state index in [-0.39, 0.29) is 5.60 Å². The van der Waals surface area contributed by atoms with Crippen molar-refractivity contribution in [2.45, 2.75) is 37.3 Å². The first kappa shape index (κ1) is 18.3. The third-order valence-electron chi connectivity index (χ3n) is 5.91. The maximum Gasteiger partial charge on any atom is 0.200 e. The molecule has 2 fully saturated rings. The van der Waals surface area contributed by atoms with Gasteiger partial charge >= 0.3 is 0 Å². The van der Waals surface area contributed by atoms with Gasteiger partial charge in [0.05, 0.1) is 24.1 Å². The van der Waals surface area contributed by atoms with E-state index in [2.05, 4.69) is 26.7 Å². The van der Waals surface area contributed by atoms with E-state index in [0.29, 0.717) is 6.04 Å². The van der Waals surface area contributed by atoms with Gasteiger partial charge in [-0.05, 0) is 56.0 Å². The molecule has 2 aliphatic heterocycles. The fourth-order valence-electron chi connectivity index (χ4n) is 4.30. The van der Waals surface area contributed by atoms with E-state index in [1.54, 1.807) is 18.0 Å². The van der Waals surface area contributed by atoms with Crippen LogP contribution in [0.1, 0.15) is 25.7 Å². The number of anilines is 1. The molecular weight excluding hydrogens is 370 g/mol. The number of methoxy groups -OCH3 is 1. The number of nitrogens with zero attached hydrogens (tertiary/aromatic N) is 4. The summed E-state index contributed by atoms with van der Waals surface area (Å²) >= 11 is 0. The molecule has 0 saturated carbocycles. The molecule has 1 atom stereocenters. The summed E-state index contributed by atoms with van der Waals surface area (Å²) in [5.74, 6) is 0.821. The molecule has 0 aliphatic carbocycles. The van der Waals surface area contributed by atoms with Gasteiger partial charge in [-0.1, -0.05) is 0 Å². The highest BCUT2D eigenvalue weighted by Crippen LogP contribution is 2.36. The average Bonchev–Trinajstić information content (AvgIpc) is 3.24. The number of nitrogens with one attached hydrogen (secondary N) is 1. The first-order valence-electron chi connectivity index (χ1n) is 10.1. The lowest BCUT2D eigenvalue weighted by molar-refractivity contribution is -0.135. The van der Waals surface area contributed by atoms with Gasteiger partial charge in [0.2, 0.25) is 5.65 Å². The van der Waals surface area contributed by atoms with E-state index < -0.39 is 0 Å². The Balaban J connectivity index is 1.43. The number of aromatic nitrogens is 4. The van der Waals surface area contributed by atoms with Gasteiger partial charge in [0.15, 0.2) is 0 Å². The summed E-state index contributed by atoms with van der Waals surface area (Å²) < 4.78 is 18.7. The van der Waals surface area contributed by atoms with Crippen molar-refractivity contribution in [1.29, 1.82) is 0 Å². The zero-order valence-corrected chi connectivity index (χ0v) is 16.5. The van der Waals surface area contributed by atoms with Crippen LogP contribution in [0.4, 0.5) is 5.69 Å². The summed E-state index contributed by atoms with van der Waals surface area (Å²) in [5, 5.41) is 16.7. The van der Waals surface area contributed by atoms with Crippen molar-refractivity contribution >= 4 is 11.3 Å². The van der Waals surface area contributed by atoms with Crippen LogP contribution in [0.15, 0.2) is 36.7 Å². The van der Waals surface area contributed by atoms with Crippen molar-refractivity contribution in [3.05, 3.63) is 36.7 Å². The quantitative estimate of drug-likeness (QED) is 0.727. The highest BCUT2D eigenvalue weighted by molar-refractivity contribution is 5.73. The third kappa shape index (κ3) is 3.65. The van der Waals surface area contributed by atoms with Crippen LogP contribution in [0.3, 0.4) is 0 Å². The number of ether oxygens (including phenoxy) is 3. The molecule has 3 aromatic rings. The van der Waals surface area contributed by atoms with Crippen LogP contribution < -0.4 is 10.1 Å². The molecule has 2 aromatic heterocycles. The molecule has 0 bridgehead atoms. The van der Waals surface area contributed by atoms with E-state index in [9.17, 15) is 0 Å². The summed E-state index contributed by atoms with van der Waals surface area (Å²) in [5.41, 5.74) is 3.48. The molecule has 0 amide bonds. The Morgan fingerprint density at radius 3 is 2.79 bits per heavy atom. The molecule has 2 aliphatic rings. The molecule has 2 saturated heterocycles. The Morgan fingerprint density at radius 1 is 1.17 bits per heavy atom. The minimum absolute atomic E-state index is 0.0655. The zero-order chi connectivity index (χ0) is 19.7. The van der Waals surface area contributed by atoms with Crippen LogP contribution in [0.25, 0.3) is 16.9 Å². The molecule has 1 N–H and O–H groups in total. The topological polar surface area (TPSA) is 82.8 Å². The molecule has 5 rings (SSSR count). The van der Waals surface area contributed by atoms with Gasteiger partial charge in [0, 0.05) is 31.4 Å². The van der Waals surface area contributed by atoms with Crippen molar-refractivity contribution in [2.75, 3.05) is 32.2 Å². The molecule has 1 aromatic carbocycles.